The first-order chi connectivity index (χ1) is 17.8. The van der Waals surface area contributed by atoms with Crippen molar-refractivity contribution in [3.63, 3.8) is 0 Å². The van der Waals surface area contributed by atoms with Crippen molar-refractivity contribution in [3.05, 3.63) is 87.9 Å². The van der Waals surface area contributed by atoms with Gasteiger partial charge in [-0.1, -0.05) is 30.3 Å². The highest BCUT2D eigenvalue weighted by Crippen LogP contribution is 2.37. The van der Waals surface area contributed by atoms with Crippen LogP contribution in [0.2, 0.25) is 0 Å². The molecule has 2 N–H and O–H groups in total. The maximum atomic E-state index is 13.1. The molecule has 1 aliphatic rings. The molecule has 1 aliphatic heterocycles. The summed E-state index contributed by atoms with van der Waals surface area (Å²) in [6.45, 7) is 1.64. The lowest BCUT2D eigenvalue weighted by molar-refractivity contribution is -0.122. The van der Waals surface area contributed by atoms with E-state index in [1.165, 1.54) is 13.2 Å². The van der Waals surface area contributed by atoms with Gasteiger partial charge in [0.05, 0.1) is 17.3 Å². The molecule has 5 amide bonds. The lowest BCUT2D eigenvalue weighted by atomic mass is 10.1. The third kappa shape index (κ3) is 5.87. The van der Waals surface area contributed by atoms with Crippen LogP contribution in [0.25, 0.3) is 6.08 Å². The second kappa shape index (κ2) is 11.1. The summed E-state index contributed by atoms with van der Waals surface area (Å²) in [5.74, 6) is -1.40. The van der Waals surface area contributed by atoms with E-state index >= 15 is 0 Å². The summed E-state index contributed by atoms with van der Waals surface area (Å²) in [7, 11) is 1.42. The Kier molecular flexibility index (Phi) is 7.69. The van der Waals surface area contributed by atoms with Gasteiger partial charge in [-0.2, -0.15) is 0 Å². The van der Waals surface area contributed by atoms with Gasteiger partial charge in [-0.3, -0.25) is 19.7 Å². The minimum atomic E-state index is -0.829. The quantitative estimate of drug-likeness (QED) is 0.324. The Hall–Kier alpha value is -4.44. The maximum Gasteiger partial charge on any atom is 0.335 e. The van der Waals surface area contributed by atoms with E-state index in [1.807, 2.05) is 25.1 Å². The Morgan fingerprint density at radius 1 is 1.05 bits per heavy atom. The number of nitrogens with zero attached hydrogens (tertiary/aromatic N) is 1. The number of nitrogens with one attached hydrogen (secondary N) is 2. The molecular formula is C27H22BrN3O6. The lowest BCUT2D eigenvalue weighted by Crippen LogP contribution is -2.54. The van der Waals surface area contributed by atoms with Crippen molar-refractivity contribution in [3.8, 4) is 11.5 Å². The van der Waals surface area contributed by atoms with E-state index in [1.54, 1.807) is 48.5 Å². The number of rotatable bonds is 7. The van der Waals surface area contributed by atoms with Gasteiger partial charge in [0, 0.05) is 5.69 Å². The number of amides is 5. The van der Waals surface area contributed by atoms with Crippen LogP contribution in [-0.4, -0.2) is 37.5 Å². The molecule has 0 aromatic heterocycles. The first-order valence-corrected chi connectivity index (χ1v) is 11.9. The summed E-state index contributed by atoms with van der Waals surface area (Å²) < 4.78 is 11.5. The summed E-state index contributed by atoms with van der Waals surface area (Å²) in [5, 5.41) is 4.95. The minimum absolute atomic E-state index is 0.233. The summed E-state index contributed by atoms with van der Waals surface area (Å²) in [4.78, 5) is 51.2. The normalized spacial score (nSPS) is 14.4. The Balaban J connectivity index is 1.55. The Morgan fingerprint density at radius 2 is 1.81 bits per heavy atom. The zero-order valence-electron chi connectivity index (χ0n) is 19.9. The molecule has 37 heavy (non-hydrogen) atoms. The molecule has 1 saturated heterocycles. The summed E-state index contributed by atoms with van der Waals surface area (Å²) in [6, 6.07) is 18.0. The second-order valence-electron chi connectivity index (χ2n) is 8.03. The van der Waals surface area contributed by atoms with E-state index in [0.29, 0.717) is 21.4 Å². The number of ether oxygens (including phenoxy) is 2. The number of imide groups is 2. The fourth-order valence-corrected chi connectivity index (χ4v) is 4.23. The number of hydrogen-bond donors (Lipinski definition) is 2. The molecule has 0 bridgehead atoms. The van der Waals surface area contributed by atoms with Crippen molar-refractivity contribution in [2.45, 2.75) is 6.92 Å². The first kappa shape index (κ1) is 25.6. The Labute approximate surface area is 221 Å². The Morgan fingerprint density at radius 3 is 2.51 bits per heavy atom. The zero-order valence-corrected chi connectivity index (χ0v) is 21.5. The smallest absolute Gasteiger partial charge is 0.335 e. The lowest BCUT2D eigenvalue weighted by Gasteiger charge is -2.26. The van der Waals surface area contributed by atoms with Gasteiger partial charge >= 0.3 is 6.03 Å². The van der Waals surface area contributed by atoms with E-state index in [4.69, 9.17) is 9.47 Å². The van der Waals surface area contributed by atoms with Crippen LogP contribution in [0.15, 0.2) is 76.8 Å². The number of urea groups is 1. The van der Waals surface area contributed by atoms with Crippen LogP contribution in [-0.2, 0) is 14.4 Å². The molecule has 3 aromatic rings. The van der Waals surface area contributed by atoms with Crippen molar-refractivity contribution in [2.24, 2.45) is 0 Å². The summed E-state index contributed by atoms with van der Waals surface area (Å²) in [5.41, 5.74) is 2.19. The van der Waals surface area contributed by atoms with Crippen LogP contribution >= 0.6 is 15.9 Å². The highest BCUT2D eigenvalue weighted by atomic mass is 79.9. The number of para-hydroxylation sites is 1. The van der Waals surface area contributed by atoms with Gasteiger partial charge in [0.25, 0.3) is 17.7 Å². The average molecular weight is 564 g/mol. The number of carbonyl (C=O) groups is 4. The highest BCUT2D eigenvalue weighted by Gasteiger charge is 2.36. The monoisotopic (exact) mass is 563 g/mol. The van der Waals surface area contributed by atoms with Gasteiger partial charge in [0.15, 0.2) is 18.1 Å². The van der Waals surface area contributed by atoms with Crippen LogP contribution in [0.1, 0.15) is 11.1 Å². The predicted molar refractivity (Wildman–Crippen MR) is 141 cm³/mol. The average Bonchev–Trinajstić information content (AvgIpc) is 2.86. The number of anilines is 2. The third-order valence-corrected chi connectivity index (χ3v) is 5.92. The van der Waals surface area contributed by atoms with Crippen molar-refractivity contribution in [1.29, 1.82) is 0 Å². The van der Waals surface area contributed by atoms with Gasteiger partial charge < -0.3 is 14.8 Å². The fourth-order valence-electron chi connectivity index (χ4n) is 3.66. The van der Waals surface area contributed by atoms with Gasteiger partial charge in [-0.25, -0.2) is 9.69 Å². The number of methoxy groups -OCH3 is 1. The number of halogens is 1. The fraction of sp³-hybridized carbons (Fsp3) is 0.111. The van der Waals surface area contributed by atoms with Crippen LogP contribution < -0.4 is 25.0 Å². The standard InChI is InChI=1S/C27H22BrN3O6/c1-16-7-6-8-18(11-16)29-23(32)15-37-24-21(28)13-17(14-22(24)36-2)12-20-25(33)30-27(35)31(26(20)34)19-9-4-3-5-10-19/h3-14H,15H2,1-2H3,(H,29,32)(H,30,33,35)/b20-12+. The number of barbiturate groups is 1. The van der Waals surface area contributed by atoms with E-state index in [-0.39, 0.29) is 29.6 Å². The molecule has 188 valence electrons. The molecule has 9 nitrogen and oxygen atoms in total. The summed E-state index contributed by atoms with van der Waals surface area (Å²) >= 11 is 3.40. The van der Waals surface area contributed by atoms with E-state index in [2.05, 4.69) is 26.6 Å². The number of aryl methyl sites for hydroxylation is 1. The Bertz CT molecular complexity index is 1420. The van der Waals surface area contributed by atoms with E-state index < -0.39 is 17.8 Å². The second-order valence-corrected chi connectivity index (χ2v) is 8.89. The number of carbonyl (C=O) groups excluding carboxylic acids is 4. The molecule has 0 atom stereocenters. The van der Waals surface area contributed by atoms with Crippen molar-refractivity contribution >= 4 is 57.1 Å². The highest BCUT2D eigenvalue weighted by molar-refractivity contribution is 9.10. The first-order valence-electron chi connectivity index (χ1n) is 11.1. The molecule has 4 rings (SSSR count). The molecular weight excluding hydrogens is 542 g/mol. The minimum Gasteiger partial charge on any atom is -0.493 e. The van der Waals surface area contributed by atoms with Crippen LogP contribution in [0.3, 0.4) is 0 Å². The zero-order chi connectivity index (χ0) is 26.5. The van der Waals surface area contributed by atoms with Gasteiger partial charge in [-0.15, -0.1) is 0 Å². The molecule has 0 aliphatic carbocycles. The van der Waals surface area contributed by atoms with Gasteiger partial charge in [0.2, 0.25) is 0 Å². The molecule has 1 heterocycles. The molecule has 0 radical (unpaired) electrons. The SMILES string of the molecule is COc1cc(/C=C2\C(=O)NC(=O)N(c3ccccc3)C2=O)cc(Br)c1OCC(=O)Nc1cccc(C)c1. The van der Waals surface area contributed by atoms with Gasteiger partial charge in [0.1, 0.15) is 5.57 Å². The molecule has 0 saturated carbocycles. The maximum absolute atomic E-state index is 13.1. The van der Waals surface area contributed by atoms with Gasteiger partial charge in [-0.05, 0) is 76.5 Å². The van der Waals surface area contributed by atoms with Crippen molar-refractivity contribution < 1.29 is 28.7 Å². The van der Waals surface area contributed by atoms with Crippen LogP contribution in [0.4, 0.5) is 16.2 Å². The molecule has 3 aromatic carbocycles. The number of hydrogen-bond acceptors (Lipinski definition) is 6. The predicted octanol–water partition coefficient (Wildman–Crippen LogP) is 4.45. The topological polar surface area (TPSA) is 114 Å². The van der Waals surface area contributed by atoms with Crippen molar-refractivity contribution in [1.82, 2.24) is 5.32 Å². The largest absolute Gasteiger partial charge is 0.493 e. The van der Waals surface area contributed by atoms with E-state index in [0.717, 1.165) is 10.5 Å². The number of benzene rings is 3. The van der Waals surface area contributed by atoms with Crippen molar-refractivity contribution in [2.75, 3.05) is 23.9 Å². The molecule has 0 spiro atoms. The summed E-state index contributed by atoms with van der Waals surface area (Å²) in [6.07, 6.45) is 1.35. The molecule has 10 heteroatoms. The molecule has 1 fully saturated rings. The molecule has 0 unspecified atom stereocenters. The third-order valence-electron chi connectivity index (χ3n) is 5.33. The van der Waals surface area contributed by atoms with E-state index in [9.17, 15) is 19.2 Å². The van der Waals surface area contributed by atoms with Crippen LogP contribution in [0.5, 0.6) is 11.5 Å². The van der Waals surface area contributed by atoms with Crippen LogP contribution in [0, 0.1) is 6.92 Å².